The second-order valence-corrected chi connectivity index (χ2v) is 8.08. The average molecular weight is 493 g/mol. The maximum Gasteiger partial charge on any atom is 0.325 e. The topological polar surface area (TPSA) is 210 Å². The molecule has 0 bridgehead atoms. The van der Waals surface area contributed by atoms with Crippen molar-refractivity contribution >= 4 is 53.1 Å². The number of primary amides is 1. The van der Waals surface area contributed by atoms with E-state index in [9.17, 15) is 24.0 Å². The SMILES string of the molecule is CC(NC(=O)C(Cc1c[nH]c2ccccc12)NC(=O)C(CC(N)=O)NC(=O)C(N)CS)C(=O)O. The van der Waals surface area contributed by atoms with Gasteiger partial charge in [0.1, 0.15) is 18.1 Å². The lowest BCUT2D eigenvalue weighted by atomic mass is 10.0. The number of hydrogen-bond donors (Lipinski definition) is 8. The van der Waals surface area contributed by atoms with E-state index < -0.39 is 60.2 Å². The predicted molar refractivity (Wildman–Crippen MR) is 127 cm³/mol. The highest BCUT2D eigenvalue weighted by molar-refractivity contribution is 7.80. The zero-order valence-corrected chi connectivity index (χ0v) is 19.3. The van der Waals surface area contributed by atoms with E-state index in [0.29, 0.717) is 5.56 Å². The molecule has 13 heteroatoms. The summed E-state index contributed by atoms with van der Waals surface area (Å²) in [7, 11) is 0. The third-order valence-corrected chi connectivity index (χ3v) is 5.43. The number of hydrogen-bond acceptors (Lipinski definition) is 7. The third-order valence-electron chi connectivity index (χ3n) is 5.03. The van der Waals surface area contributed by atoms with Crippen LogP contribution in [0.4, 0.5) is 0 Å². The van der Waals surface area contributed by atoms with Gasteiger partial charge in [0, 0.05) is 29.3 Å². The number of fused-ring (bicyclic) bond motifs is 1. The molecule has 1 aromatic heterocycles. The van der Waals surface area contributed by atoms with Crippen LogP contribution in [0, 0.1) is 0 Å². The van der Waals surface area contributed by atoms with Crippen LogP contribution in [-0.4, -0.2) is 69.6 Å². The summed E-state index contributed by atoms with van der Waals surface area (Å²) < 4.78 is 0. The second kappa shape index (κ2) is 12.0. The van der Waals surface area contributed by atoms with Crippen LogP contribution >= 0.6 is 12.6 Å². The van der Waals surface area contributed by atoms with Gasteiger partial charge in [-0.15, -0.1) is 0 Å². The third kappa shape index (κ3) is 7.22. The summed E-state index contributed by atoms with van der Waals surface area (Å²) >= 11 is 3.93. The number of nitrogens with two attached hydrogens (primary N) is 2. The Morgan fingerprint density at radius 2 is 1.65 bits per heavy atom. The van der Waals surface area contributed by atoms with E-state index in [1.807, 2.05) is 24.3 Å². The minimum Gasteiger partial charge on any atom is -0.480 e. The van der Waals surface area contributed by atoms with E-state index >= 15 is 0 Å². The van der Waals surface area contributed by atoms with Crippen molar-refractivity contribution in [3.05, 3.63) is 36.0 Å². The first-order valence-corrected chi connectivity index (χ1v) is 11.0. The van der Waals surface area contributed by atoms with Crippen molar-refractivity contribution in [3.63, 3.8) is 0 Å². The number of thiol groups is 1. The molecule has 9 N–H and O–H groups in total. The fourth-order valence-corrected chi connectivity index (χ4v) is 3.32. The summed E-state index contributed by atoms with van der Waals surface area (Å²) in [5.41, 5.74) is 12.3. The summed E-state index contributed by atoms with van der Waals surface area (Å²) in [6.45, 7) is 1.28. The molecule has 34 heavy (non-hydrogen) atoms. The lowest BCUT2D eigenvalue weighted by Gasteiger charge is -2.24. The number of nitrogens with one attached hydrogen (secondary N) is 4. The number of H-pyrrole nitrogens is 1. The number of aliphatic carboxylic acids is 1. The molecule has 0 aliphatic carbocycles. The Morgan fingerprint density at radius 1 is 1.03 bits per heavy atom. The van der Waals surface area contributed by atoms with Crippen molar-refractivity contribution in [2.75, 3.05) is 5.75 Å². The van der Waals surface area contributed by atoms with Crippen LogP contribution in [0.15, 0.2) is 30.5 Å². The number of carbonyl (C=O) groups excluding carboxylic acids is 4. The van der Waals surface area contributed by atoms with E-state index in [2.05, 4.69) is 33.6 Å². The van der Waals surface area contributed by atoms with Crippen LogP contribution in [0.2, 0.25) is 0 Å². The van der Waals surface area contributed by atoms with Gasteiger partial charge in [-0.25, -0.2) is 0 Å². The average Bonchev–Trinajstić information content (AvgIpc) is 3.19. The van der Waals surface area contributed by atoms with Gasteiger partial charge >= 0.3 is 5.97 Å². The highest BCUT2D eigenvalue weighted by Crippen LogP contribution is 2.19. The van der Waals surface area contributed by atoms with Crippen LogP contribution in [0.1, 0.15) is 18.9 Å². The Morgan fingerprint density at radius 3 is 2.26 bits per heavy atom. The predicted octanol–water partition coefficient (Wildman–Crippen LogP) is -1.60. The Hall–Kier alpha value is -3.58. The molecule has 2 rings (SSSR count). The monoisotopic (exact) mass is 492 g/mol. The van der Waals surface area contributed by atoms with Crippen LogP contribution in [-0.2, 0) is 30.4 Å². The van der Waals surface area contributed by atoms with Crippen LogP contribution < -0.4 is 27.4 Å². The minimum atomic E-state index is -1.40. The van der Waals surface area contributed by atoms with Gasteiger partial charge < -0.3 is 37.5 Å². The maximum atomic E-state index is 13.0. The molecule has 0 aliphatic heterocycles. The number of carboxylic acids is 1. The van der Waals surface area contributed by atoms with Crippen molar-refractivity contribution in [2.45, 2.75) is 43.9 Å². The van der Waals surface area contributed by atoms with E-state index in [4.69, 9.17) is 16.6 Å². The Balaban J connectivity index is 2.29. The van der Waals surface area contributed by atoms with Gasteiger partial charge in [0.2, 0.25) is 23.6 Å². The zero-order chi connectivity index (χ0) is 25.4. The van der Waals surface area contributed by atoms with Gasteiger partial charge in [0.15, 0.2) is 0 Å². The molecule has 2 aromatic rings. The van der Waals surface area contributed by atoms with Gasteiger partial charge in [-0.3, -0.25) is 24.0 Å². The number of aromatic amines is 1. The molecule has 0 saturated heterocycles. The lowest BCUT2D eigenvalue weighted by molar-refractivity contribution is -0.142. The zero-order valence-electron chi connectivity index (χ0n) is 18.4. The van der Waals surface area contributed by atoms with Crippen molar-refractivity contribution in [1.82, 2.24) is 20.9 Å². The molecule has 0 saturated carbocycles. The molecule has 184 valence electrons. The van der Waals surface area contributed by atoms with Crippen LogP contribution in [0.3, 0.4) is 0 Å². The van der Waals surface area contributed by atoms with Gasteiger partial charge in [-0.1, -0.05) is 18.2 Å². The van der Waals surface area contributed by atoms with E-state index in [-0.39, 0.29) is 12.2 Å². The number of rotatable bonds is 12. The number of carbonyl (C=O) groups is 5. The molecular weight excluding hydrogens is 464 g/mol. The van der Waals surface area contributed by atoms with Crippen molar-refractivity contribution in [2.24, 2.45) is 11.5 Å². The molecule has 0 radical (unpaired) electrons. The molecule has 0 aliphatic rings. The van der Waals surface area contributed by atoms with Gasteiger partial charge in [0.25, 0.3) is 0 Å². The summed E-state index contributed by atoms with van der Waals surface area (Å²) in [6.07, 6.45) is 1.14. The standard InChI is InChI=1S/C21H28N6O6S/c1-10(21(32)33)25-19(30)15(6-11-8-24-14-5-3-2-4-12(11)14)27-20(31)16(7-17(23)28)26-18(29)13(22)9-34/h2-5,8,10,13,15-16,24,34H,6-7,9,22H2,1H3,(H2,23,28)(H,25,30)(H,26,29)(H,27,31)(H,32,33). The summed E-state index contributed by atoms with van der Waals surface area (Å²) in [6, 6.07) is 2.43. The van der Waals surface area contributed by atoms with Crippen LogP contribution in [0.5, 0.6) is 0 Å². The first kappa shape index (κ1) is 26.7. The molecule has 12 nitrogen and oxygen atoms in total. The number of benzene rings is 1. The maximum absolute atomic E-state index is 13.0. The highest BCUT2D eigenvalue weighted by atomic mass is 32.1. The largest absolute Gasteiger partial charge is 0.480 e. The molecule has 1 heterocycles. The van der Waals surface area contributed by atoms with Gasteiger partial charge in [-0.05, 0) is 18.6 Å². The van der Waals surface area contributed by atoms with E-state index in [0.717, 1.165) is 10.9 Å². The summed E-state index contributed by atoms with van der Waals surface area (Å²) in [4.78, 5) is 63.7. The first-order valence-electron chi connectivity index (χ1n) is 10.4. The molecule has 4 atom stereocenters. The highest BCUT2D eigenvalue weighted by Gasteiger charge is 2.30. The Labute approximate surface area is 200 Å². The minimum absolute atomic E-state index is 0.00131. The van der Waals surface area contributed by atoms with E-state index in [1.165, 1.54) is 6.92 Å². The van der Waals surface area contributed by atoms with Gasteiger partial charge in [0.05, 0.1) is 12.5 Å². The molecule has 1 aromatic carbocycles. The molecule has 4 amide bonds. The second-order valence-electron chi connectivity index (χ2n) is 7.71. The smallest absolute Gasteiger partial charge is 0.325 e. The van der Waals surface area contributed by atoms with Crippen LogP contribution in [0.25, 0.3) is 10.9 Å². The molecule has 0 fully saturated rings. The Kier molecular flexibility index (Phi) is 9.45. The fourth-order valence-electron chi connectivity index (χ4n) is 3.15. The lowest BCUT2D eigenvalue weighted by Crippen LogP contribution is -2.58. The summed E-state index contributed by atoms with van der Waals surface area (Å²) in [5.74, 6) is -4.48. The molecule has 0 spiro atoms. The molecular formula is C21H28N6O6S. The number of carboxylic acid groups (broad SMARTS) is 1. The number of para-hydroxylation sites is 1. The fraction of sp³-hybridized carbons (Fsp3) is 0.381. The quantitative estimate of drug-likeness (QED) is 0.163. The van der Waals surface area contributed by atoms with E-state index in [1.54, 1.807) is 6.20 Å². The number of aromatic nitrogens is 1. The number of amides is 4. The van der Waals surface area contributed by atoms with Crippen molar-refractivity contribution < 1.29 is 29.1 Å². The first-order chi connectivity index (χ1) is 16.0. The van der Waals surface area contributed by atoms with Gasteiger partial charge in [-0.2, -0.15) is 12.6 Å². The van der Waals surface area contributed by atoms with Crippen molar-refractivity contribution in [3.8, 4) is 0 Å². The van der Waals surface area contributed by atoms with Crippen molar-refractivity contribution in [1.29, 1.82) is 0 Å². The Bertz CT molecular complexity index is 1070. The normalized spacial score (nSPS) is 14.4. The summed E-state index contributed by atoms with van der Waals surface area (Å²) in [5, 5.41) is 17.1. The molecule has 4 unspecified atom stereocenters.